The predicted octanol–water partition coefficient (Wildman–Crippen LogP) is 2.40. The van der Waals surface area contributed by atoms with Crippen molar-refractivity contribution in [2.75, 3.05) is 0 Å². The molecular weight excluding hydrogens is 228 g/mol. The van der Waals surface area contributed by atoms with Gasteiger partial charge in [-0.1, -0.05) is 30.0 Å². The number of rotatable bonds is 2. The van der Waals surface area contributed by atoms with E-state index in [0.717, 1.165) is 0 Å². The zero-order valence-corrected chi connectivity index (χ0v) is 11.2. The van der Waals surface area contributed by atoms with E-state index in [-0.39, 0.29) is 0 Å². The third-order valence-corrected chi connectivity index (χ3v) is 2.03. The summed E-state index contributed by atoms with van der Waals surface area (Å²) in [6.45, 7) is 6.53. The van der Waals surface area contributed by atoms with E-state index in [1.54, 1.807) is 52.0 Å². The van der Waals surface area contributed by atoms with E-state index in [9.17, 15) is 9.90 Å². The number of benzene rings is 1. The zero-order chi connectivity index (χ0) is 13.8. The highest BCUT2D eigenvalue weighted by Gasteiger charge is 2.21. The summed E-state index contributed by atoms with van der Waals surface area (Å²) < 4.78 is 5.30. The molecule has 0 atom stereocenters. The second-order valence-corrected chi connectivity index (χ2v) is 5.07. The summed E-state index contributed by atoms with van der Waals surface area (Å²) in [7, 11) is 0. The van der Waals surface area contributed by atoms with Crippen LogP contribution in [-0.2, 0) is 4.74 Å². The molecule has 0 aliphatic carbocycles. The van der Waals surface area contributed by atoms with Crippen molar-refractivity contribution in [3.8, 4) is 11.8 Å². The Hall–Kier alpha value is -1.79. The van der Waals surface area contributed by atoms with Gasteiger partial charge in [-0.25, -0.2) is 4.79 Å². The van der Waals surface area contributed by atoms with Gasteiger partial charge in [0.2, 0.25) is 0 Å². The highest BCUT2D eigenvalue weighted by molar-refractivity contribution is 5.89. The van der Waals surface area contributed by atoms with Crippen molar-refractivity contribution in [2.24, 2.45) is 0 Å². The molecule has 3 nitrogen and oxygen atoms in total. The molecule has 0 amide bonds. The second-order valence-electron chi connectivity index (χ2n) is 5.07. The van der Waals surface area contributed by atoms with Gasteiger partial charge in [0.05, 0.1) is 5.56 Å². The molecule has 1 rings (SSSR count). The number of ether oxygens (including phenoxy) is 1. The van der Waals surface area contributed by atoms with Crippen molar-refractivity contribution in [1.82, 2.24) is 0 Å². The van der Waals surface area contributed by atoms with Crippen molar-refractivity contribution in [3.63, 3.8) is 0 Å². The molecule has 96 valence electrons. The zero-order valence-electron chi connectivity index (χ0n) is 11.2. The molecule has 0 saturated heterocycles. The fourth-order valence-corrected chi connectivity index (χ4v) is 1.19. The average molecular weight is 246 g/mol. The first-order valence-electron chi connectivity index (χ1n) is 5.75. The maximum absolute atomic E-state index is 11.8. The van der Waals surface area contributed by atoms with Gasteiger partial charge in [0.1, 0.15) is 5.60 Å². The van der Waals surface area contributed by atoms with E-state index in [4.69, 9.17) is 4.74 Å². The molecule has 0 aliphatic rings. The number of carbonyl (C=O) groups excluding carboxylic acids is 1. The first kappa shape index (κ1) is 14.3. The first-order chi connectivity index (χ1) is 8.20. The molecule has 0 aliphatic heterocycles. The van der Waals surface area contributed by atoms with E-state index in [2.05, 4.69) is 11.8 Å². The lowest BCUT2D eigenvalue weighted by Gasteiger charge is -2.19. The Morgan fingerprint density at radius 2 is 1.67 bits per heavy atom. The normalized spacial score (nSPS) is 11.4. The fraction of sp³-hybridized carbons (Fsp3) is 0.400. The summed E-state index contributed by atoms with van der Waals surface area (Å²) in [5.41, 5.74) is -1.56. The van der Waals surface area contributed by atoms with E-state index in [1.807, 2.05) is 6.07 Å². The van der Waals surface area contributed by atoms with Crippen LogP contribution in [0.2, 0.25) is 0 Å². The van der Waals surface area contributed by atoms with Gasteiger partial charge < -0.3 is 9.84 Å². The second kappa shape index (κ2) is 5.24. The number of hydrogen-bond donors (Lipinski definition) is 1. The SMILES string of the molecule is CC(C)(O)C#CC(C)(C)OC(=O)c1ccccc1. The predicted molar refractivity (Wildman–Crippen MR) is 70.0 cm³/mol. The average Bonchev–Trinajstić information content (AvgIpc) is 2.26. The summed E-state index contributed by atoms with van der Waals surface area (Å²) in [5.74, 6) is 4.98. The van der Waals surface area contributed by atoms with Gasteiger partial charge in [-0.05, 0) is 39.8 Å². The van der Waals surface area contributed by atoms with Gasteiger partial charge in [-0.15, -0.1) is 0 Å². The highest BCUT2D eigenvalue weighted by Crippen LogP contribution is 2.13. The molecule has 0 unspecified atom stereocenters. The summed E-state index contributed by atoms with van der Waals surface area (Å²) in [6.07, 6.45) is 0. The standard InChI is InChI=1S/C15H18O3/c1-14(2,17)10-11-15(3,4)18-13(16)12-8-6-5-7-9-12/h5-9,17H,1-4H3. The van der Waals surface area contributed by atoms with Crippen LogP contribution in [0.5, 0.6) is 0 Å². The van der Waals surface area contributed by atoms with Crippen LogP contribution >= 0.6 is 0 Å². The van der Waals surface area contributed by atoms with Crippen molar-refractivity contribution in [3.05, 3.63) is 35.9 Å². The molecule has 0 fully saturated rings. The number of carbonyl (C=O) groups is 1. The Morgan fingerprint density at radius 3 is 2.17 bits per heavy atom. The van der Waals surface area contributed by atoms with Gasteiger partial charge in [0, 0.05) is 0 Å². The topological polar surface area (TPSA) is 46.5 Å². The summed E-state index contributed by atoms with van der Waals surface area (Å²) in [6, 6.07) is 8.73. The third kappa shape index (κ3) is 5.03. The molecule has 1 aromatic rings. The summed E-state index contributed by atoms with van der Waals surface area (Å²) >= 11 is 0. The number of aliphatic hydroxyl groups is 1. The van der Waals surface area contributed by atoms with Gasteiger partial charge in [-0.3, -0.25) is 0 Å². The summed E-state index contributed by atoms with van der Waals surface area (Å²) in [5, 5.41) is 9.52. The molecule has 18 heavy (non-hydrogen) atoms. The lowest BCUT2D eigenvalue weighted by atomic mass is 10.1. The minimum Gasteiger partial charge on any atom is -0.443 e. The summed E-state index contributed by atoms with van der Waals surface area (Å²) in [4.78, 5) is 11.8. The Labute approximate surface area is 108 Å². The Morgan fingerprint density at radius 1 is 1.11 bits per heavy atom. The molecule has 1 N–H and O–H groups in total. The van der Waals surface area contributed by atoms with Gasteiger partial charge in [0.25, 0.3) is 0 Å². The number of hydrogen-bond acceptors (Lipinski definition) is 3. The van der Waals surface area contributed by atoms with Crippen LogP contribution in [0.1, 0.15) is 38.1 Å². The lowest BCUT2D eigenvalue weighted by molar-refractivity contribution is 0.0200. The van der Waals surface area contributed by atoms with Crippen molar-refractivity contribution in [1.29, 1.82) is 0 Å². The van der Waals surface area contributed by atoms with Gasteiger partial charge >= 0.3 is 5.97 Å². The van der Waals surface area contributed by atoms with Gasteiger partial charge in [0.15, 0.2) is 5.60 Å². The molecular formula is C15H18O3. The van der Waals surface area contributed by atoms with E-state index < -0.39 is 17.2 Å². The van der Waals surface area contributed by atoms with E-state index in [0.29, 0.717) is 5.56 Å². The van der Waals surface area contributed by atoms with Crippen molar-refractivity contribution < 1.29 is 14.6 Å². The largest absolute Gasteiger partial charge is 0.443 e. The Kier molecular flexibility index (Phi) is 4.15. The van der Waals surface area contributed by atoms with Gasteiger partial charge in [-0.2, -0.15) is 0 Å². The van der Waals surface area contributed by atoms with Crippen LogP contribution in [0, 0.1) is 11.8 Å². The molecule has 0 aromatic heterocycles. The molecule has 0 saturated carbocycles. The van der Waals surface area contributed by atoms with Crippen LogP contribution in [0.3, 0.4) is 0 Å². The first-order valence-corrected chi connectivity index (χ1v) is 5.75. The lowest BCUT2D eigenvalue weighted by Crippen LogP contribution is -2.27. The smallest absolute Gasteiger partial charge is 0.339 e. The van der Waals surface area contributed by atoms with Crippen molar-refractivity contribution in [2.45, 2.75) is 38.9 Å². The molecule has 0 spiro atoms. The minimum atomic E-state index is -1.10. The minimum absolute atomic E-state index is 0.425. The third-order valence-electron chi connectivity index (χ3n) is 2.03. The Balaban J connectivity index is 2.77. The maximum atomic E-state index is 11.8. The number of esters is 1. The van der Waals surface area contributed by atoms with E-state index >= 15 is 0 Å². The van der Waals surface area contributed by atoms with Crippen LogP contribution in [-0.4, -0.2) is 22.3 Å². The molecule has 1 aromatic carbocycles. The van der Waals surface area contributed by atoms with Crippen LogP contribution in [0.4, 0.5) is 0 Å². The van der Waals surface area contributed by atoms with E-state index in [1.165, 1.54) is 0 Å². The quantitative estimate of drug-likeness (QED) is 0.644. The fourth-order valence-electron chi connectivity index (χ4n) is 1.19. The maximum Gasteiger partial charge on any atom is 0.339 e. The highest BCUT2D eigenvalue weighted by atomic mass is 16.6. The molecule has 0 bridgehead atoms. The monoisotopic (exact) mass is 246 g/mol. The van der Waals surface area contributed by atoms with Crippen LogP contribution in [0.15, 0.2) is 30.3 Å². The Bertz CT molecular complexity index is 470. The molecule has 0 heterocycles. The molecule has 3 heteroatoms. The van der Waals surface area contributed by atoms with Crippen LogP contribution in [0.25, 0.3) is 0 Å². The van der Waals surface area contributed by atoms with Crippen LogP contribution < -0.4 is 0 Å². The molecule has 0 radical (unpaired) electrons. The van der Waals surface area contributed by atoms with Crippen molar-refractivity contribution >= 4 is 5.97 Å².